The number of anilines is 1. The summed E-state index contributed by atoms with van der Waals surface area (Å²) in [5, 5.41) is 9.74. The number of aryl methyl sites for hydroxylation is 1. The van der Waals surface area contributed by atoms with Gasteiger partial charge in [-0.2, -0.15) is 5.10 Å². The van der Waals surface area contributed by atoms with E-state index in [1.165, 1.54) is 4.68 Å². The second kappa shape index (κ2) is 8.70. The molecular formula is C12H19BrN4O3. The zero-order chi connectivity index (χ0) is 15.0. The van der Waals surface area contributed by atoms with Gasteiger partial charge in [0, 0.05) is 33.2 Å². The minimum atomic E-state index is -0.193. The maximum Gasteiger partial charge on any atom is 0.283 e. The number of hydrogen-bond acceptors (Lipinski definition) is 5. The molecule has 0 radical (unpaired) electrons. The van der Waals surface area contributed by atoms with Crippen LogP contribution in [0.1, 0.15) is 13.3 Å². The smallest absolute Gasteiger partial charge is 0.283 e. The molecular weight excluding hydrogens is 328 g/mol. The minimum Gasteiger partial charge on any atom is -0.383 e. The number of methoxy groups -OCH3 is 1. The number of halogens is 1. The molecule has 1 rings (SSSR count). The van der Waals surface area contributed by atoms with Crippen molar-refractivity contribution in [2.45, 2.75) is 19.9 Å². The Morgan fingerprint density at radius 1 is 1.50 bits per heavy atom. The molecule has 0 unspecified atom stereocenters. The van der Waals surface area contributed by atoms with E-state index < -0.39 is 0 Å². The maximum absolute atomic E-state index is 11.8. The van der Waals surface area contributed by atoms with E-state index in [0.717, 1.165) is 0 Å². The number of nitrogens with zero attached hydrogens (tertiary/aromatic N) is 2. The third kappa shape index (κ3) is 4.93. The van der Waals surface area contributed by atoms with Crippen LogP contribution in [-0.4, -0.2) is 42.5 Å². The second-order valence-corrected chi connectivity index (χ2v) is 4.81. The Morgan fingerprint density at radius 2 is 2.25 bits per heavy atom. The third-order valence-corrected chi connectivity index (χ3v) is 3.35. The van der Waals surface area contributed by atoms with E-state index in [4.69, 9.17) is 4.74 Å². The second-order valence-electron chi connectivity index (χ2n) is 4.01. The zero-order valence-corrected chi connectivity index (χ0v) is 13.2. The van der Waals surface area contributed by atoms with E-state index >= 15 is 0 Å². The van der Waals surface area contributed by atoms with Gasteiger partial charge in [0.15, 0.2) is 0 Å². The van der Waals surface area contributed by atoms with E-state index in [-0.39, 0.29) is 11.5 Å². The number of carbonyl (C=O) groups is 1. The van der Waals surface area contributed by atoms with Gasteiger partial charge in [-0.15, -0.1) is 0 Å². The number of rotatable bonds is 8. The molecule has 1 aromatic rings. The Bertz CT molecular complexity index is 504. The summed E-state index contributed by atoms with van der Waals surface area (Å²) in [6.07, 6.45) is 1.88. The molecule has 0 aromatic carbocycles. The summed E-state index contributed by atoms with van der Waals surface area (Å²) in [5.74, 6) is -0.0690. The van der Waals surface area contributed by atoms with Gasteiger partial charge in [-0.05, 0) is 22.9 Å². The van der Waals surface area contributed by atoms with Gasteiger partial charge in [-0.3, -0.25) is 9.59 Å². The molecule has 0 bridgehead atoms. The number of ether oxygens (including phenoxy) is 1. The van der Waals surface area contributed by atoms with Crippen LogP contribution in [0.5, 0.6) is 0 Å². The highest BCUT2D eigenvalue weighted by Gasteiger charge is 2.08. The quantitative estimate of drug-likeness (QED) is 0.673. The molecule has 0 saturated carbocycles. The van der Waals surface area contributed by atoms with Gasteiger partial charge in [0.25, 0.3) is 5.56 Å². The van der Waals surface area contributed by atoms with E-state index in [1.807, 2.05) is 6.92 Å². The van der Waals surface area contributed by atoms with Crippen molar-refractivity contribution in [1.82, 2.24) is 15.1 Å². The normalized spacial score (nSPS) is 10.3. The number of carbonyl (C=O) groups excluding carboxylic acids is 1. The predicted octanol–water partition coefficient (Wildman–Crippen LogP) is 0.590. The summed E-state index contributed by atoms with van der Waals surface area (Å²) >= 11 is 3.24. The monoisotopic (exact) mass is 346 g/mol. The lowest BCUT2D eigenvalue weighted by atomic mass is 10.3. The van der Waals surface area contributed by atoms with Gasteiger partial charge < -0.3 is 15.4 Å². The van der Waals surface area contributed by atoms with E-state index in [9.17, 15) is 9.59 Å². The van der Waals surface area contributed by atoms with Crippen LogP contribution in [0.25, 0.3) is 0 Å². The van der Waals surface area contributed by atoms with Crippen LogP contribution in [0.3, 0.4) is 0 Å². The fourth-order valence-corrected chi connectivity index (χ4v) is 1.95. The molecule has 0 saturated heterocycles. The summed E-state index contributed by atoms with van der Waals surface area (Å²) in [6.45, 7) is 3.77. The first-order valence-electron chi connectivity index (χ1n) is 6.35. The largest absolute Gasteiger partial charge is 0.383 e. The summed E-state index contributed by atoms with van der Waals surface area (Å²) in [5.41, 5.74) is 0.395. The summed E-state index contributed by atoms with van der Waals surface area (Å²) < 4.78 is 6.61. The van der Waals surface area contributed by atoms with Crippen LogP contribution in [0, 0.1) is 0 Å². The van der Waals surface area contributed by atoms with E-state index in [0.29, 0.717) is 42.8 Å². The molecule has 0 fully saturated rings. The van der Waals surface area contributed by atoms with Crippen LogP contribution >= 0.6 is 15.9 Å². The van der Waals surface area contributed by atoms with Gasteiger partial charge in [0.2, 0.25) is 5.91 Å². The predicted molar refractivity (Wildman–Crippen MR) is 79.9 cm³/mol. The molecule has 1 heterocycles. The molecule has 112 valence electrons. The van der Waals surface area contributed by atoms with Crippen molar-refractivity contribution in [3.8, 4) is 0 Å². The lowest BCUT2D eigenvalue weighted by Crippen LogP contribution is -2.29. The lowest BCUT2D eigenvalue weighted by Gasteiger charge is -2.09. The maximum atomic E-state index is 11.8. The number of amides is 1. The molecule has 8 heteroatoms. The summed E-state index contributed by atoms with van der Waals surface area (Å²) in [7, 11) is 1.58. The Labute approximate surface area is 125 Å². The fourth-order valence-electron chi connectivity index (χ4n) is 1.51. The van der Waals surface area contributed by atoms with Gasteiger partial charge in [-0.1, -0.05) is 0 Å². The van der Waals surface area contributed by atoms with Gasteiger partial charge in [0.1, 0.15) is 4.47 Å². The van der Waals surface area contributed by atoms with Crippen molar-refractivity contribution in [3.05, 3.63) is 21.0 Å². The standard InChI is InChI=1S/C12H19BrN4O3/c1-3-17-12(19)11(13)9(8-16-17)14-5-4-10(18)15-6-7-20-2/h8,14H,3-7H2,1-2H3,(H,15,18). The average Bonchev–Trinajstić information content (AvgIpc) is 2.44. The van der Waals surface area contributed by atoms with E-state index in [1.54, 1.807) is 13.3 Å². The highest BCUT2D eigenvalue weighted by atomic mass is 79.9. The van der Waals surface area contributed by atoms with Gasteiger partial charge in [0.05, 0.1) is 18.5 Å². The highest BCUT2D eigenvalue weighted by molar-refractivity contribution is 9.10. The third-order valence-electron chi connectivity index (χ3n) is 2.58. The van der Waals surface area contributed by atoms with Crippen LogP contribution in [0.4, 0.5) is 5.69 Å². The lowest BCUT2D eigenvalue weighted by molar-refractivity contribution is -0.121. The topological polar surface area (TPSA) is 85.2 Å². The molecule has 1 amide bonds. The highest BCUT2D eigenvalue weighted by Crippen LogP contribution is 2.15. The molecule has 0 aliphatic carbocycles. The molecule has 0 atom stereocenters. The van der Waals surface area contributed by atoms with Crippen molar-refractivity contribution < 1.29 is 9.53 Å². The van der Waals surface area contributed by atoms with Crippen LogP contribution in [-0.2, 0) is 16.1 Å². The fraction of sp³-hybridized carbons (Fsp3) is 0.583. The van der Waals surface area contributed by atoms with Crippen molar-refractivity contribution in [2.75, 3.05) is 32.1 Å². The van der Waals surface area contributed by atoms with Crippen molar-refractivity contribution in [3.63, 3.8) is 0 Å². The average molecular weight is 347 g/mol. The first kappa shape index (κ1) is 16.6. The minimum absolute atomic E-state index is 0.0690. The van der Waals surface area contributed by atoms with Crippen LogP contribution < -0.4 is 16.2 Å². The Morgan fingerprint density at radius 3 is 2.90 bits per heavy atom. The number of hydrogen-bond donors (Lipinski definition) is 2. The van der Waals surface area contributed by atoms with E-state index in [2.05, 4.69) is 31.7 Å². The Hall–Kier alpha value is -1.41. The first-order chi connectivity index (χ1) is 9.60. The van der Waals surface area contributed by atoms with Crippen molar-refractivity contribution >= 4 is 27.5 Å². The first-order valence-corrected chi connectivity index (χ1v) is 7.14. The van der Waals surface area contributed by atoms with Crippen molar-refractivity contribution in [1.29, 1.82) is 0 Å². The number of aromatic nitrogens is 2. The molecule has 1 aromatic heterocycles. The SMILES string of the molecule is CCn1ncc(NCCC(=O)NCCOC)c(Br)c1=O. The molecule has 0 aliphatic heterocycles. The Kier molecular flexibility index (Phi) is 7.24. The molecule has 0 spiro atoms. The molecule has 2 N–H and O–H groups in total. The summed E-state index contributed by atoms with van der Waals surface area (Å²) in [4.78, 5) is 23.3. The summed E-state index contributed by atoms with van der Waals surface area (Å²) in [6, 6.07) is 0. The Balaban J connectivity index is 2.45. The zero-order valence-electron chi connectivity index (χ0n) is 11.6. The van der Waals surface area contributed by atoms with Crippen molar-refractivity contribution in [2.24, 2.45) is 0 Å². The van der Waals surface area contributed by atoms with Gasteiger partial charge >= 0.3 is 0 Å². The van der Waals surface area contributed by atoms with Gasteiger partial charge in [-0.25, -0.2) is 4.68 Å². The molecule has 7 nitrogen and oxygen atoms in total. The number of nitrogens with one attached hydrogen (secondary N) is 2. The van der Waals surface area contributed by atoms with Crippen LogP contribution in [0.15, 0.2) is 15.5 Å². The molecule has 20 heavy (non-hydrogen) atoms. The van der Waals surface area contributed by atoms with Crippen LogP contribution in [0.2, 0.25) is 0 Å². The molecule has 0 aliphatic rings.